The Hall–Kier alpha value is -0.720. The van der Waals surface area contributed by atoms with Gasteiger partial charge < -0.3 is 15.4 Å². The van der Waals surface area contributed by atoms with Crippen molar-refractivity contribution in [3.8, 4) is 0 Å². The van der Waals surface area contributed by atoms with Crippen LogP contribution in [0.15, 0.2) is 0 Å². The van der Waals surface area contributed by atoms with E-state index in [1.165, 1.54) is 0 Å². The quantitative estimate of drug-likeness (QED) is 0.582. The van der Waals surface area contributed by atoms with Crippen molar-refractivity contribution in [1.29, 1.82) is 0 Å². The van der Waals surface area contributed by atoms with Crippen molar-refractivity contribution in [3.63, 3.8) is 0 Å². The lowest BCUT2D eigenvalue weighted by molar-refractivity contribution is -0.130. The molecule has 1 unspecified atom stereocenters. The molecule has 1 atom stereocenters. The van der Waals surface area contributed by atoms with E-state index in [9.17, 15) is 4.79 Å². The number of amides is 1. The maximum Gasteiger partial charge on any atom is 0.223 e. The summed E-state index contributed by atoms with van der Waals surface area (Å²) in [5, 5.41) is 0. The third-order valence-corrected chi connectivity index (χ3v) is 3.73. The normalized spacial score (nSPS) is 12.4. The molecular weight excluding hydrogens is 274 g/mol. The predicted octanol–water partition coefficient (Wildman–Crippen LogP) is 1.26. The lowest BCUT2D eigenvalue weighted by Crippen LogP contribution is -2.39. The molecule has 0 radical (unpaired) electrons. The standard InChI is InChI=1S/C14H29N3O2S/c1-5-12(2)17(10-11-19-4)9-7-14(18)16(3)8-6-13(15)20/h12H,5-11H2,1-4H3,(H2,15,20). The number of thiocarbonyl (C=S) groups is 1. The van der Waals surface area contributed by atoms with Gasteiger partial charge in [0, 0.05) is 52.7 Å². The number of ether oxygens (including phenoxy) is 1. The van der Waals surface area contributed by atoms with Crippen LogP contribution < -0.4 is 5.73 Å². The molecule has 0 aromatic heterocycles. The van der Waals surface area contributed by atoms with Gasteiger partial charge >= 0.3 is 0 Å². The number of carbonyl (C=O) groups excluding carboxylic acids is 1. The maximum atomic E-state index is 12.0. The van der Waals surface area contributed by atoms with Crippen LogP contribution >= 0.6 is 12.2 Å². The van der Waals surface area contributed by atoms with Gasteiger partial charge in [0.15, 0.2) is 0 Å². The van der Waals surface area contributed by atoms with E-state index in [0.717, 1.165) is 19.5 Å². The van der Waals surface area contributed by atoms with E-state index in [1.54, 1.807) is 19.1 Å². The number of methoxy groups -OCH3 is 1. The molecule has 5 nitrogen and oxygen atoms in total. The van der Waals surface area contributed by atoms with Crippen molar-refractivity contribution < 1.29 is 9.53 Å². The highest BCUT2D eigenvalue weighted by Gasteiger charge is 2.15. The molecule has 0 aliphatic rings. The molecule has 0 aromatic carbocycles. The van der Waals surface area contributed by atoms with Gasteiger partial charge in [0.25, 0.3) is 0 Å². The molecule has 0 saturated carbocycles. The van der Waals surface area contributed by atoms with Crippen molar-refractivity contribution in [2.45, 2.75) is 39.2 Å². The smallest absolute Gasteiger partial charge is 0.223 e. The Morgan fingerprint density at radius 1 is 1.30 bits per heavy atom. The molecule has 1 amide bonds. The Labute approximate surface area is 128 Å². The zero-order valence-electron chi connectivity index (χ0n) is 13.2. The fourth-order valence-electron chi connectivity index (χ4n) is 1.85. The van der Waals surface area contributed by atoms with Gasteiger partial charge in [-0.25, -0.2) is 0 Å². The third kappa shape index (κ3) is 8.45. The Morgan fingerprint density at radius 3 is 2.45 bits per heavy atom. The lowest BCUT2D eigenvalue weighted by atomic mass is 10.2. The molecule has 0 aliphatic carbocycles. The summed E-state index contributed by atoms with van der Waals surface area (Å²) in [6, 6.07) is 0.458. The average Bonchev–Trinajstić information content (AvgIpc) is 2.43. The molecule has 0 bridgehead atoms. The molecule has 0 rings (SSSR count). The minimum Gasteiger partial charge on any atom is -0.393 e. The van der Waals surface area contributed by atoms with Gasteiger partial charge in [-0.2, -0.15) is 0 Å². The van der Waals surface area contributed by atoms with Crippen LogP contribution in [0.4, 0.5) is 0 Å². The number of hydrogen-bond donors (Lipinski definition) is 1. The van der Waals surface area contributed by atoms with Crippen LogP contribution in [0.25, 0.3) is 0 Å². The van der Waals surface area contributed by atoms with Gasteiger partial charge in [-0.15, -0.1) is 0 Å². The molecule has 6 heteroatoms. The van der Waals surface area contributed by atoms with Crippen LogP contribution in [-0.4, -0.2) is 67.1 Å². The van der Waals surface area contributed by atoms with Crippen molar-refractivity contribution >= 4 is 23.1 Å². The van der Waals surface area contributed by atoms with Gasteiger partial charge in [-0.1, -0.05) is 19.1 Å². The number of rotatable bonds is 11. The first kappa shape index (κ1) is 19.3. The molecule has 0 aromatic rings. The first-order valence-corrected chi connectivity index (χ1v) is 7.58. The van der Waals surface area contributed by atoms with Gasteiger partial charge in [0.1, 0.15) is 0 Å². The number of carbonyl (C=O) groups is 1. The summed E-state index contributed by atoms with van der Waals surface area (Å²) in [5.41, 5.74) is 5.45. The summed E-state index contributed by atoms with van der Waals surface area (Å²) in [6.07, 6.45) is 2.16. The third-order valence-electron chi connectivity index (χ3n) is 3.53. The van der Waals surface area contributed by atoms with E-state index in [4.69, 9.17) is 22.7 Å². The van der Waals surface area contributed by atoms with Crippen molar-refractivity contribution in [2.75, 3.05) is 40.4 Å². The molecule has 118 valence electrons. The van der Waals surface area contributed by atoms with Gasteiger partial charge in [-0.3, -0.25) is 9.69 Å². The lowest BCUT2D eigenvalue weighted by Gasteiger charge is -2.28. The molecule has 0 saturated heterocycles. The van der Waals surface area contributed by atoms with Crippen LogP contribution in [0.2, 0.25) is 0 Å². The highest BCUT2D eigenvalue weighted by molar-refractivity contribution is 7.80. The van der Waals surface area contributed by atoms with Gasteiger partial charge in [0.2, 0.25) is 5.91 Å². The second kappa shape index (κ2) is 11.0. The van der Waals surface area contributed by atoms with Crippen molar-refractivity contribution in [2.24, 2.45) is 5.73 Å². The summed E-state index contributed by atoms with van der Waals surface area (Å²) in [4.78, 5) is 16.5. The molecule has 2 N–H and O–H groups in total. The Bertz CT molecular complexity index is 300. The summed E-state index contributed by atoms with van der Waals surface area (Å²) in [5.74, 6) is 0.131. The second-order valence-electron chi connectivity index (χ2n) is 5.07. The van der Waals surface area contributed by atoms with E-state index in [-0.39, 0.29) is 5.91 Å². The highest BCUT2D eigenvalue weighted by Crippen LogP contribution is 2.05. The average molecular weight is 303 g/mol. The molecule has 0 aliphatic heterocycles. The van der Waals surface area contributed by atoms with E-state index in [1.807, 2.05) is 0 Å². The van der Waals surface area contributed by atoms with E-state index >= 15 is 0 Å². The Balaban J connectivity index is 4.17. The highest BCUT2D eigenvalue weighted by atomic mass is 32.1. The minimum atomic E-state index is 0.131. The van der Waals surface area contributed by atoms with Gasteiger partial charge in [0.05, 0.1) is 11.6 Å². The summed E-state index contributed by atoms with van der Waals surface area (Å²) < 4.78 is 5.12. The van der Waals surface area contributed by atoms with Crippen LogP contribution in [0.1, 0.15) is 33.1 Å². The van der Waals surface area contributed by atoms with Crippen molar-refractivity contribution in [1.82, 2.24) is 9.80 Å². The monoisotopic (exact) mass is 303 g/mol. The number of nitrogens with zero attached hydrogens (tertiary/aromatic N) is 2. The Morgan fingerprint density at radius 2 is 1.95 bits per heavy atom. The molecule has 20 heavy (non-hydrogen) atoms. The van der Waals surface area contributed by atoms with Crippen LogP contribution in [0.5, 0.6) is 0 Å². The molecular formula is C14H29N3O2S. The topological polar surface area (TPSA) is 58.8 Å². The van der Waals surface area contributed by atoms with E-state index in [2.05, 4.69) is 18.7 Å². The number of hydrogen-bond acceptors (Lipinski definition) is 4. The van der Waals surface area contributed by atoms with E-state index < -0.39 is 0 Å². The molecule has 0 heterocycles. The first-order chi connectivity index (χ1) is 9.42. The zero-order chi connectivity index (χ0) is 15.5. The summed E-state index contributed by atoms with van der Waals surface area (Å²) in [6.45, 7) is 7.23. The summed E-state index contributed by atoms with van der Waals surface area (Å²) >= 11 is 4.82. The van der Waals surface area contributed by atoms with Crippen LogP contribution in [0.3, 0.4) is 0 Å². The fraction of sp³-hybridized carbons (Fsp3) is 0.857. The van der Waals surface area contributed by atoms with Crippen molar-refractivity contribution in [3.05, 3.63) is 0 Å². The predicted molar refractivity (Wildman–Crippen MR) is 86.9 cm³/mol. The number of nitrogens with two attached hydrogens (primary N) is 1. The molecule has 0 spiro atoms. The summed E-state index contributed by atoms with van der Waals surface area (Å²) in [7, 11) is 3.49. The SMILES string of the molecule is CCC(C)N(CCOC)CCC(=O)N(C)CCC(N)=S. The largest absolute Gasteiger partial charge is 0.393 e. The first-order valence-electron chi connectivity index (χ1n) is 7.17. The molecule has 0 fully saturated rings. The Kier molecular flexibility index (Phi) is 10.6. The zero-order valence-corrected chi connectivity index (χ0v) is 14.0. The van der Waals surface area contributed by atoms with E-state index in [0.29, 0.717) is 37.0 Å². The van der Waals surface area contributed by atoms with Crippen LogP contribution in [-0.2, 0) is 9.53 Å². The van der Waals surface area contributed by atoms with Gasteiger partial charge in [-0.05, 0) is 13.3 Å². The van der Waals surface area contributed by atoms with Crippen LogP contribution in [0, 0.1) is 0 Å². The minimum absolute atomic E-state index is 0.131. The second-order valence-corrected chi connectivity index (χ2v) is 5.59. The maximum absolute atomic E-state index is 12.0. The fourth-order valence-corrected chi connectivity index (χ4v) is 1.94.